The number of rotatable bonds is 5. The summed E-state index contributed by atoms with van der Waals surface area (Å²) in [5.41, 5.74) is -0.459. The van der Waals surface area contributed by atoms with Gasteiger partial charge in [0.25, 0.3) is 0 Å². The van der Waals surface area contributed by atoms with Gasteiger partial charge in [-0.05, 0) is 59.3 Å². The number of esters is 1. The van der Waals surface area contributed by atoms with E-state index in [1.807, 2.05) is 0 Å². The fourth-order valence-electron chi connectivity index (χ4n) is 4.02. The number of carbonyl (C=O) groups excluding carboxylic acids is 1. The second kappa shape index (κ2) is 7.07. The SMILES string of the molecule is CCNC1(C(=O)OC)CCC(N2CCCC(N(C)C)C2)C1. The van der Waals surface area contributed by atoms with Gasteiger partial charge in [0.2, 0.25) is 0 Å². The Morgan fingerprint density at radius 3 is 2.81 bits per heavy atom. The zero-order valence-electron chi connectivity index (χ0n) is 14.0. The average Bonchev–Trinajstić information content (AvgIpc) is 2.92. The highest BCUT2D eigenvalue weighted by molar-refractivity contribution is 5.81. The minimum absolute atomic E-state index is 0.0898. The highest BCUT2D eigenvalue weighted by Gasteiger charge is 2.47. The van der Waals surface area contributed by atoms with Crippen molar-refractivity contribution in [1.29, 1.82) is 0 Å². The fraction of sp³-hybridized carbons (Fsp3) is 0.938. The first-order valence-corrected chi connectivity index (χ1v) is 8.26. The molecular formula is C16H31N3O2. The second-order valence-corrected chi connectivity index (χ2v) is 6.76. The smallest absolute Gasteiger partial charge is 0.326 e. The van der Waals surface area contributed by atoms with Crippen LogP contribution in [0, 0.1) is 0 Å². The lowest BCUT2D eigenvalue weighted by molar-refractivity contribution is -0.148. The molecule has 1 aliphatic heterocycles. The zero-order valence-corrected chi connectivity index (χ0v) is 14.0. The molecule has 122 valence electrons. The van der Waals surface area contributed by atoms with Crippen molar-refractivity contribution < 1.29 is 9.53 Å². The van der Waals surface area contributed by atoms with Gasteiger partial charge in [-0.3, -0.25) is 9.69 Å². The van der Waals surface area contributed by atoms with Crippen molar-refractivity contribution in [1.82, 2.24) is 15.1 Å². The molecule has 21 heavy (non-hydrogen) atoms. The lowest BCUT2D eigenvalue weighted by Crippen LogP contribution is -2.53. The van der Waals surface area contributed by atoms with Crippen molar-refractivity contribution in [3.05, 3.63) is 0 Å². The maximum Gasteiger partial charge on any atom is 0.326 e. The number of carbonyl (C=O) groups is 1. The molecule has 0 aromatic heterocycles. The second-order valence-electron chi connectivity index (χ2n) is 6.76. The monoisotopic (exact) mass is 297 g/mol. The Labute approximate surface area is 129 Å². The molecule has 5 nitrogen and oxygen atoms in total. The van der Waals surface area contributed by atoms with Crippen LogP contribution in [0.3, 0.4) is 0 Å². The molecule has 5 heteroatoms. The van der Waals surface area contributed by atoms with Gasteiger partial charge in [-0.2, -0.15) is 0 Å². The summed E-state index contributed by atoms with van der Waals surface area (Å²) in [6.45, 7) is 5.16. The van der Waals surface area contributed by atoms with Crippen LogP contribution >= 0.6 is 0 Å². The first-order valence-electron chi connectivity index (χ1n) is 8.26. The lowest BCUT2D eigenvalue weighted by atomic mass is 9.96. The molecular weight excluding hydrogens is 266 g/mol. The van der Waals surface area contributed by atoms with Crippen LogP contribution in [0.5, 0.6) is 0 Å². The molecule has 2 aliphatic rings. The summed E-state index contributed by atoms with van der Waals surface area (Å²) in [6, 6.07) is 1.15. The highest BCUT2D eigenvalue weighted by atomic mass is 16.5. The van der Waals surface area contributed by atoms with E-state index in [0.29, 0.717) is 12.1 Å². The summed E-state index contributed by atoms with van der Waals surface area (Å²) in [7, 11) is 5.83. The van der Waals surface area contributed by atoms with Crippen LogP contribution in [0.15, 0.2) is 0 Å². The summed E-state index contributed by atoms with van der Waals surface area (Å²) in [5.74, 6) is -0.0898. The van der Waals surface area contributed by atoms with Crippen molar-refractivity contribution in [3.8, 4) is 0 Å². The minimum atomic E-state index is -0.459. The van der Waals surface area contributed by atoms with Crippen LogP contribution < -0.4 is 5.32 Å². The summed E-state index contributed by atoms with van der Waals surface area (Å²) in [5, 5.41) is 3.40. The van der Waals surface area contributed by atoms with Crippen molar-refractivity contribution in [3.63, 3.8) is 0 Å². The van der Waals surface area contributed by atoms with Gasteiger partial charge in [-0.15, -0.1) is 0 Å². The third-order valence-corrected chi connectivity index (χ3v) is 5.25. The van der Waals surface area contributed by atoms with E-state index < -0.39 is 5.54 Å². The topological polar surface area (TPSA) is 44.8 Å². The summed E-state index contributed by atoms with van der Waals surface area (Å²) >= 11 is 0. The summed E-state index contributed by atoms with van der Waals surface area (Å²) < 4.78 is 5.06. The van der Waals surface area contributed by atoms with Crippen molar-refractivity contribution >= 4 is 5.97 Å². The van der Waals surface area contributed by atoms with Crippen LogP contribution in [0.2, 0.25) is 0 Å². The normalized spacial score (nSPS) is 34.3. The van der Waals surface area contributed by atoms with E-state index in [1.165, 1.54) is 26.5 Å². The van der Waals surface area contributed by atoms with E-state index in [1.54, 1.807) is 0 Å². The van der Waals surface area contributed by atoms with Gasteiger partial charge in [0.1, 0.15) is 5.54 Å². The van der Waals surface area contributed by atoms with E-state index >= 15 is 0 Å². The molecule has 2 fully saturated rings. The molecule has 0 radical (unpaired) electrons. The lowest BCUT2D eigenvalue weighted by Gasteiger charge is -2.40. The van der Waals surface area contributed by atoms with Crippen LogP contribution in [0.25, 0.3) is 0 Å². The number of likely N-dealkylation sites (N-methyl/N-ethyl adjacent to an activating group) is 2. The van der Waals surface area contributed by atoms with E-state index in [9.17, 15) is 4.79 Å². The molecule has 2 rings (SSSR count). The van der Waals surface area contributed by atoms with Gasteiger partial charge in [0.15, 0.2) is 0 Å². The Morgan fingerprint density at radius 1 is 1.43 bits per heavy atom. The maximum absolute atomic E-state index is 12.2. The number of nitrogens with one attached hydrogen (secondary N) is 1. The van der Waals surface area contributed by atoms with Crippen molar-refractivity contribution in [2.24, 2.45) is 0 Å². The van der Waals surface area contributed by atoms with Crippen molar-refractivity contribution in [2.45, 2.75) is 56.7 Å². The number of hydrogen-bond acceptors (Lipinski definition) is 5. The number of likely N-dealkylation sites (tertiary alicyclic amines) is 1. The number of piperidine rings is 1. The Kier molecular flexibility index (Phi) is 5.63. The molecule has 0 amide bonds. The Hall–Kier alpha value is -0.650. The van der Waals surface area contributed by atoms with Crippen LogP contribution in [-0.4, -0.2) is 74.2 Å². The summed E-state index contributed by atoms with van der Waals surface area (Å²) in [6.07, 6.45) is 5.40. The maximum atomic E-state index is 12.2. The van der Waals surface area contributed by atoms with E-state index in [2.05, 4.69) is 36.1 Å². The Morgan fingerprint density at radius 2 is 2.19 bits per heavy atom. The Bertz CT molecular complexity index is 361. The number of nitrogens with zero attached hydrogens (tertiary/aromatic N) is 2. The molecule has 0 bridgehead atoms. The van der Waals surface area contributed by atoms with Gasteiger partial charge in [0, 0.05) is 18.6 Å². The molecule has 1 aliphatic carbocycles. The molecule has 0 aromatic rings. The predicted molar refractivity (Wildman–Crippen MR) is 84.3 cm³/mol. The van der Waals surface area contributed by atoms with E-state index in [-0.39, 0.29) is 5.97 Å². The molecule has 0 aromatic carbocycles. The molecule has 1 saturated carbocycles. The van der Waals surface area contributed by atoms with Gasteiger partial charge < -0.3 is 15.0 Å². The molecule has 1 heterocycles. The Balaban J connectivity index is 2.01. The average molecular weight is 297 g/mol. The number of hydrogen-bond donors (Lipinski definition) is 1. The third kappa shape index (κ3) is 3.58. The molecule has 0 spiro atoms. The first-order chi connectivity index (χ1) is 10.0. The molecule has 3 unspecified atom stereocenters. The van der Waals surface area contributed by atoms with Crippen LogP contribution in [-0.2, 0) is 9.53 Å². The van der Waals surface area contributed by atoms with Gasteiger partial charge >= 0.3 is 5.97 Å². The standard InChI is InChI=1S/C16H31N3O2/c1-5-17-16(15(20)21-4)9-8-13(11-16)19-10-6-7-14(12-19)18(2)3/h13-14,17H,5-12H2,1-4H3. The largest absolute Gasteiger partial charge is 0.468 e. The van der Waals surface area contributed by atoms with Crippen LogP contribution in [0.4, 0.5) is 0 Å². The van der Waals surface area contributed by atoms with E-state index in [4.69, 9.17) is 4.74 Å². The predicted octanol–water partition coefficient (Wildman–Crippen LogP) is 1.09. The van der Waals surface area contributed by atoms with Crippen LogP contribution in [0.1, 0.15) is 39.0 Å². The van der Waals surface area contributed by atoms with Gasteiger partial charge in [0.05, 0.1) is 7.11 Å². The highest BCUT2D eigenvalue weighted by Crippen LogP contribution is 2.35. The fourth-order valence-corrected chi connectivity index (χ4v) is 4.02. The number of methoxy groups -OCH3 is 1. The molecule has 1 saturated heterocycles. The summed E-state index contributed by atoms with van der Waals surface area (Å²) in [4.78, 5) is 17.1. The third-order valence-electron chi connectivity index (χ3n) is 5.25. The van der Waals surface area contributed by atoms with Gasteiger partial charge in [-0.1, -0.05) is 6.92 Å². The number of ether oxygens (including phenoxy) is 1. The first kappa shape index (κ1) is 16.7. The minimum Gasteiger partial charge on any atom is -0.468 e. The quantitative estimate of drug-likeness (QED) is 0.770. The molecule has 3 atom stereocenters. The molecule has 1 N–H and O–H groups in total. The van der Waals surface area contributed by atoms with Gasteiger partial charge in [-0.25, -0.2) is 0 Å². The van der Waals surface area contributed by atoms with E-state index in [0.717, 1.165) is 32.4 Å². The zero-order chi connectivity index (χ0) is 15.5. The van der Waals surface area contributed by atoms with Crippen molar-refractivity contribution in [2.75, 3.05) is 40.8 Å².